The van der Waals surface area contributed by atoms with E-state index in [0.29, 0.717) is 24.5 Å². The molecule has 1 atom stereocenters. The third-order valence-electron chi connectivity index (χ3n) is 3.00. The number of aliphatic hydroxyl groups is 1. The topological polar surface area (TPSA) is 61.8 Å². The minimum absolute atomic E-state index is 0.0893. The first-order valence-corrected chi connectivity index (χ1v) is 6.02. The van der Waals surface area contributed by atoms with Crippen molar-refractivity contribution in [2.24, 2.45) is 0 Å². The van der Waals surface area contributed by atoms with Gasteiger partial charge in [0.25, 0.3) is 0 Å². The molecular weight excluding hydrogens is 232 g/mol. The number of hydrogen-bond acceptors (Lipinski definition) is 4. The molecule has 2 rings (SSSR count). The number of carbonyl (C=O) groups is 1. The van der Waals surface area contributed by atoms with Crippen molar-refractivity contribution in [1.29, 1.82) is 0 Å². The Balaban J connectivity index is 1.91. The van der Waals surface area contributed by atoms with Gasteiger partial charge in [-0.15, -0.1) is 0 Å². The molecule has 0 aromatic heterocycles. The van der Waals surface area contributed by atoms with Gasteiger partial charge in [0, 0.05) is 13.1 Å². The maximum atomic E-state index is 11.9. The van der Waals surface area contributed by atoms with Gasteiger partial charge in [0.1, 0.15) is 5.75 Å². The van der Waals surface area contributed by atoms with E-state index in [-0.39, 0.29) is 12.0 Å². The van der Waals surface area contributed by atoms with Gasteiger partial charge in [0.15, 0.2) is 0 Å². The fourth-order valence-electron chi connectivity index (χ4n) is 2.10. The third-order valence-corrected chi connectivity index (χ3v) is 3.00. The molecule has 2 N–H and O–H groups in total. The molecule has 1 heterocycles. The van der Waals surface area contributed by atoms with Gasteiger partial charge in [-0.2, -0.15) is 0 Å². The highest BCUT2D eigenvalue weighted by molar-refractivity contribution is 5.93. The Kier molecular flexibility index (Phi) is 4.17. The van der Waals surface area contributed by atoms with E-state index in [0.717, 1.165) is 13.0 Å². The summed E-state index contributed by atoms with van der Waals surface area (Å²) in [6, 6.07) is 7.30. The van der Waals surface area contributed by atoms with Gasteiger partial charge in [-0.05, 0) is 18.6 Å². The molecule has 0 radical (unpaired) electrons. The number of β-amino-alcohol motifs (C(OH)–C–C–N with tert-alkyl or cyclic N) is 1. The number of para-hydroxylation sites is 2. The summed E-state index contributed by atoms with van der Waals surface area (Å²) in [7, 11) is 1.57. The fourth-order valence-corrected chi connectivity index (χ4v) is 2.10. The molecule has 0 aliphatic carbocycles. The molecule has 5 heteroatoms. The van der Waals surface area contributed by atoms with Crippen molar-refractivity contribution in [2.45, 2.75) is 12.5 Å². The smallest absolute Gasteiger partial charge is 0.238 e. The maximum Gasteiger partial charge on any atom is 0.238 e. The van der Waals surface area contributed by atoms with E-state index in [1.807, 2.05) is 17.0 Å². The molecular formula is C13H18N2O3. The molecule has 0 saturated carbocycles. The summed E-state index contributed by atoms with van der Waals surface area (Å²) in [5, 5.41) is 12.2. The van der Waals surface area contributed by atoms with Crippen molar-refractivity contribution >= 4 is 11.6 Å². The zero-order valence-corrected chi connectivity index (χ0v) is 10.4. The predicted molar refractivity (Wildman–Crippen MR) is 68.7 cm³/mol. The summed E-state index contributed by atoms with van der Waals surface area (Å²) in [5.41, 5.74) is 0.671. The van der Waals surface area contributed by atoms with Gasteiger partial charge in [-0.3, -0.25) is 9.69 Å². The summed E-state index contributed by atoms with van der Waals surface area (Å²) < 4.78 is 5.16. The minimum atomic E-state index is -0.302. The third kappa shape index (κ3) is 3.21. The molecule has 1 aliphatic heterocycles. The Labute approximate surface area is 106 Å². The minimum Gasteiger partial charge on any atom is -0.495 e. The first-order chi connectivity index (χ1) is 8.69. The molecule has 1 aliphatic rings. The van der Waals surface area contributed by atoms with Crippen molar-refractivity contribution in [3.8, 4) is 5.75 Å². The second-order valence-corrected chi connectivity index (χ2v) is 4.43. The van der Waals surface area contributed by atoms with Crippen LogP contribution in [0.3, 0.4) is 0 Å². The normalized spacial score (nSPS) is 19.8. The number of ether oxygens (including phenoxy) is 1. The van der Waals surface area contributed by atoms with Crippen molar-refractivity contribution < 1.29 is 14.6 Å². The van der Waals surface area contributed by atoms with Crippen LogP contribution in [-0.4, -0.2) is 48.8 Å². The number of nitrogens with one attached hydrogen (secondary N) is 1. The van der Waals surface area contributed by atoms with Gasteiger partial charge < -0.3 is 15.2 Å². The molecule has 1 unspecified atom stereocenters. The lowest BCUT2D eigenvalue weighted by atomic mass is 10.3. The monoisotopic (exact) mass is 250 g/mol. The average molecular weight is 250 g/mol. The van der Waals surface area contributed by atoms with Crippen LogP contribution in [0.2, 0.25) is 0 Å². The Bertz CT molecular complexity index is 422. The number of nitrogens with zero attached hydrogens (tertiary/aromatic N) is 1. The molecule has 1 saturated heterocycles. The summed E-state index contributed by atoms with van der Waals surface area (Å²) in [4.78, 5) is 13.8. The molecule has 98 valence electrons. The number of methoxy groups -OCH3 is 1. The number of rotatable bonds is 4. The van der Waals surface area contributed by atoms with Crippen LogP contribution >= 0.6 is 0 Å². The standard InChI is InChI=1S/C13H18N2O3/c1-18-12-5-3-2-4-11(12)14-13(17)9-15-7-6-10(16)8-15/h2-5,10,16H,6-9H2,1H3,(H,14,17). The Morgan fingerprint density at radius 1 is 1.56 bits per heavy atom. The number of carbonyl (C=O) groups excluding carboxylic acids is 1. The van der Waals surface area contributed by atoms with Crippen molar-refractivity contribution in [3.05, 3.63) is 24.3 Å². The zero-order valence-electron chi connectivity index (χ0n) is 10.4. The number of benzene rings is 1. The van der Waals surface area contributed by atoms with E-state index in [1.165, 1.54) is 0 Å². The fraction of sp³-hybridized carbons (Fsp3) is 0.462. The quantitative estimate of drug-likeness (QED) is 0.826. The van der Waals surface area contributed by atoms with Gasteiger partial charge in [0.05, 0.1) is 25.4 Å². The van der Waals surface area contributed by atoms with Crippen LogP contribution in [0.25, 0.3) is 0 Å². The number of amides is 1. The molecule has 1 aromatic rings. The van der Waals surface area contributed by atoms with E-state index in [4.69, 9.17) is 4.74 Å². The van der Waals surface area contributed by atoms with Crippen LogP contribution in [0, 0.1) is 0 Å². The van der Waals surface area contributed by atoms with E-state index >= 15 is 0 Å². The SMILES string of the molecule is COc1ccccc1NC(=O)CN1CCC(O)C1. The first kappa shape index (κ1) is 12.9. The second-order valence-electron chi connectivity index (χ2n) is 4.43. The van der Waals surface area contributed by atoms with Gasteiger partial charge >= 0.3 is 0 Å². The number of aliphatic hydroxyl groups excluding tert-OH is 1. The van der Waals surface area contributed by atoms with E-state index in [1.54, 1.807) is 19.2 Å². The first-order valence-electron chi connectivity index (χ1n) is 6.02. The second kappa shape index (κ2) is 5.84. The van der Waals surface area contributed by atoms with Crippen molar-refractivity contribution in [1.82, 2.24) is 4.90 Å². The summed E-state index contributed by atoms with van der Waals surface area (Å²) in [5.74, 6) is 0.556. The van der Waals surface area contributed by atoms with Crippen LogP contribution in [0.4, 0.5) is 5.69 Å². The summed E-state index contributed by atoms with van der Waals surface area (Å²) in [6.07, 6.45) is 0.436. The van der Waals surface area contributed by atoms with Gasteiger partial charge in [-0.1, -0.05) is 12.1 Å². The lowest BCUT2D eigenvalue weighted by Crippen LogP contribution is -2.32. The van der Waals surface area contributed by atoms with E-state index in [9.17, 15) is 9.90 Å². The molecule has 0 bridgehead atoms. The number of hydrogen-bond donors (Lipinski definition) is 2. The predicted octanol–water partition coefficient (Wildman–Crippen LogP) is 0.700. The van der Waals surface area contributed by atoms with Gasteiger partial charge in [-0.25, -0.2) is 0 Å². The Morgan fingerprint density at radius 3 is 3.00 bits per heavy atom. The Morgan fingerprint density at radius 2 is 2.33 bits per heavy atom. The highest BCUT2D eigenvalue weighted by Crippen LogP contribution is 2.22. The van der Waals surface area contributed by atoms with E-state index < -0.39 is 0 Å². The van der Waals surface area contributed by atoms with Crippen molar-refractivity contribution in [2.75, 3.05) is 32.1 Å². The van der Waals surface area contributed by atoms with Crippen molar-refractivity contribution in [3.63, 3.8) is 0 Å². The zero-order chi connectivity index (χ0) is 13.0. The van der Waals surface area contributed by atoms with E-state index in [2.05, 4.69) is 5.32 Å². The summed E-state index contributed by atoms with van der Waals surface area (Å²) in [6.45, 7) is 1.63. The lowest BCUT2D eigenvalue weighted by Gasteiger charge is -2.15. The molecule has 18 heavy (non-hydrogen) atoms. The van der Waals surface area contributed by atoms with Crippen LogP contribution in [0.1, 0.15) is 6.42 Å². The lowest BCUT2D eigenvalue weighted by molar-refractivity contribution is -0.117. The number of anilines is 1. The molecule has 1 amide bonds. The van der Waals surface area contributed by atoms with Crippen LogP contribution in [0.5, 0.6) is 5.75 Å². The maximum absolute atomic E-state index is 11.9. The van der Waals surface area contributed by atoms with Crippen LogP contribution in [0.15, 0.2) is 24.3 Å². The largest absolute Gasteiger partial charge is 0.495 e. The molecule has 5 nitrogen and oxygen atoms in total. The average Bonchev–Trinajstić information content (AvgIpc) is 2.75. The van der Waals surface area contributed by atoms with Gasteiger partial charge in [0.2, 0.25) is 5.91 Å². The summed E-state index contributed by atoms with van der Waals surface area (Å²) >= 11 is 0. The molecule has 0 spiro atoms. The van der Waals surface area contributed by atoms with Crippen LogP contribution in [-0.2, 0) is 4.79 Å². The highest BCUT2D eigenvalue weighted by atomic mass is 16.5. The number of likely N-dealkylation sites (tertiary alicyclic amines) is 1. The van der Waals surface area contributed by atoms with Crippen LogP contribution < -0.4 is 10.1 Å². The molecule has 1 aromatic carbocycles. The molecule has 1 fully saturated rings. The highest BCUT2D eigenvalue weighted by Gasteiger charge is 2.22. The Hall–Kier alpha value is -1.59.